The van der Waals surface area contributed by atoms with Gasteiger partial charge in [-0.25, -0.2) is 0 Å². The number of ketones is 1. The van der Waals surface area contributed by atoms with Crippen LogP contribution in [-0.4, -0.2) is 11.1 Å². The summed E-state index contributed by atoms with van der Waals surface area (Å²) >= 11 is 9.12. The fourth-order valence-corrected chi connectivity index (χ4v) is 1.86. The summed E-state index contributed by atoms with van der Waals surface area (Å²) in [6.45, 7) is 0. The lowest BCUT2D eigenvalue weighted by molar-refractivity contribution is 0.0994. The van der Waals surface area contributed by atoms with Crippen LogP contribution in [0.2, 0.25) is 5.02 Å². The van der Waals surface area contributed by atoms with E-state index in [1.165, 1.54) is 0 Å². The quantitative estimate of drug-likeness (QED) is 0.629. The molecule has 0 fully saturated rings. The van der Waals surface area contributed by atoms with Crippen molar-refractivity contribution in [3.63, 3.8) is 0 Å². The van der Waals surface area contributed by atoms with E-state index in [1.54, 1.807) is 18.2 Å². The van der Waals surface area contributed by atoms with E-state index in [9.17, 15) is 4.79 Å². The van der Waals surface area contributed by atoms with E-state index in [4.69, 9.17) is 16.0 Å². The van der Waals surface area contributed by atoms with E-state index >= 15 is 0 Å². The van der Waals surface area contributed by atoms with Crippen LogP contribution in [0.25, 0.3) is 11.3 Å². The van der Waals surface area contributed by atoms with Gasteiger partial charge in [-0.2, -0.15) is 0 Å². The fourth-order valence-electron chi connectivity index (χ4n) is 1.36. The number of Topliss-reactive ketones (excluding diaryl/α,β-unsaturated/α-hetero) is 1. The zero-order valence-corrected chi connectivity index (χ0v) is 10.6. The molecule has 2 rings (SSSR count). The fraction of sp³-hybridized carbons (Fsp3) is 0.0833. The molecule has 2 nitrogen and oxygen atoms in total. The second-order valence-electron chi connectivity index (χ2n) is 3.20. The molecule has 16 heavy (non-hydrogen) atoms. The van der Waals surface area contributed by atoms with Crippen LogP contribution >= 0.6 is 27.5 Å². The Hall–Kier alpha value is -1.06. The Labute approximate surface area is 106 Å². The predicted molar refractivity (Wildman–Crippen MR) is 67.3 cm³/mol. The summed E-state index contributed by atoms with van der Waals surface area (Å²) in [5, 5.41) is 0.859. The Morgan fingerprint density at radius 3 is 2.69 bits per heavy atom. The second kappa shape index (κ2) is 4.85. The highest BCUT2D eigenvalue weighted by Gasteiger charge is 2.12. The maximum Gasteiger partial charge on any atom is 0.208 e. The Morgan fingerprint density at radius 2 is 2.00 bits per heavy atom. The molecule has 0 spiro atoms. The molecule has 82 valence electrons. The smallest absolute Gasteiger partial charge is 0.208 e. The highest BCUT2D eigenvalue weighted by atomic mass is 79.9. The third-order valence-corrected chi connectivity index (χ3v) is 2.98. The standard InChI is InChI=1S/C12H8BrClO2/c13-7-10(15)12-6-5-11(16-12)8-3-1-2-4-9(8)14/h1-6H,7H2. The molecular formula is C12H8BrClO2. The number of rotatable bonds is 3. The minimum absolute atomic E-state index is 0.0849. The third kappa shape index (κ3) is 2.20. The van der Waals surface area contributed by atoms with E-state index in [0.29, 0.717) is 16.5 Å². The lowest BCUT2D eigenvalue weighted by atomic mass is 10.2. The molecule has 1 heterocycles. The molecule has 0 aliphatic heterocycles. The number of carbonyl (C=O) groups is 1. The summed E-state index contributed by atoms with van der Waals surface area (Å²) in [6, 6.07) is 10.8. The van der Waals surface area contributed by atoms with Gasteiger partial charge in [0.1, 0.15) is 5.76 Å². The molecule has 0 saturated heterocycles. The van der Waals surface area contributed by atoms with E-state index < -0.39 is 0 Å². The van der Waals surface area contributed by atoms with Crippen LogP contribution in [0.4, 0.5) is 0 Å². The molecule has 2 aromatic rings. The Morgan fingerprint density at radius 1 is 1.25 bits per heavy atom. The summed E-state index contributed by atoms with van der Waals surface area (Å²) in [5.41, 5.74) is 0.790. The Kier molecular flexibility index (Phi) is 3.46. The van der Waals surface area contributed by atoms with E-state index in [1.807, 2.05) is 18.2 Å². The van der Waals surface area contributed by atoms with Crippen molar-refractivity contribution in [1.82, 2.24) is 0 Å². The van der Waals surface area contributed by atoms with Crippen molar-refractivity contribution in [2.45, 2.75) is 0 Å². The highest BCUT2D eigenvalue weighted by molar-refractivity contribution is 9.09. The molecule has 0 amide bonds. The highest BCUT2D eigenvalue weighted by Crippen LogP contribution is 2.29. The molecule has 4 heteroatoms. The molecular weight excluding hydrogens is 291 g/mol. The van der Waals surface area contributed by atoms with Crippen LogP contribution in [-0.2, 0) is 0 Å². The van der Waals surface area contributed by atoms with Gasteiger partial charge in [0.25, 0.3) is 0 Å². The molecule has 1 aromatic heterocycles. The van der Waals surface area contributed by atoms with Crippen LogP contribution in [0.1, 0.15) is 10.6 Å². The number of furan rings is 1. The number of alkyl halides is 1. The molecule has 0 unspecified atom stereocenters. The van der Waals surface area contributed by atoms with Gasteiger partial charge in [-0.15, -0.1) is 0 Å². The number of benzene rings is 1. The molecule has 0 radical (unpaired) electrons. The maximum absolute atomic E-state index is 11.4. The van der Waals surface area contributed by atoms with E-state index in [2.05, 4.69) is 15.9 Å². The SMILES string of the molecule is O=C(CBr)c1ccc(-c2ccccc2Cl)o1. The number of carbonyl (C=O) groups excluding carboxylic acids is 1. The van der Waals surface area contributed by atoms with Crippen molar-refractivity contribution in [3.8, 4) is 11.3 Å². The van der Waals surface area contributed by atoms with Gasteiger partial charge in [0.15, 0.2) is 5.76 Å². The van der Waals surface area contributed by atoms with Gasteiger partial charge in [0.05, 0.1) is 10.4 Å². The lowest BCUT2D eigenvalue weighted by Gasteiger charge is -1.99. The molecule has 0 aliphatic carbocycles. The minimum Gasteiger partial charge on any atom is -0.453 e. The normalized spacial score (nSPS) is 10.4. The van der Waals surface area contributed by atoms with Gasteiger partial charge in [0.2, 0.25) is 5.78 Å². The Balaban J connectivity index is 2.39. The van der Waals surface area contributed by atoms with Crippen LogP contribution in [0, 0.1) is 0 Å². The van der Waals surface area contributed by atoms with Crippen molar-refractivity contribution in [2.75, 3.05) is 5.33 Å². The van der Waals surface area contributed by atoms with Crippen molar-refractivity contribution in [1.29, 1.82) is 0 Å². The summed E-state index contributed by atoms with van der Waals surface area (Å²) in [4.78, 5) is 11.4. The van der Waals surface area contributed by atoms with Crippen molar-refractivity contribution in [3.05, 3.63) is 47.2 Å². The summed E-state index contributed by atoms with van der Waals surface area (Å²) in [6.07, 6.45) is 0. The average Bonchev–Trinajstić information content (AvgIpc) is 2.78. The lowest BCUT2D eigenvalue weighted by Crippen LogP contribution is -1.96. The first-order valence-corrected chi connectivity index (χ1v) is 6.16. The molecule has 0 aliphatic rings. The molecule has 0 bridgehead atoms. The monoisotopic (exact) mass is 298 g/mol. The Bertz CT molecular complexity index is 519. The van der Waals surface area contributed by atoms with Crippen LogP contribution < -0.4 is 0 Å². The second-order valence-corrected chi connectivity index (χ2v) is 4.17. The average molecular weight is 300 g/mol. The molecule has 1 aromatic carbocycles. The van der Waals surface area contributed by atoms with Crippen molar-refractivity contribution < 1.29 is 9.21 Å². The third-order valence-electron chi connectivity index (χ3n) is 2.14. The summed E-state index contributed by atoms with van der Waals surface area (Å²) in [7, 11) is 0. The molecule has 0 atom stereocenters. The van der Waals surface area contributed by atoms with E-state index in [-0.39, 0.29) is 11.1 Å². The van der Waals surface area contributed by atoms with Gasteiger partial charge in [-0.3, -0.25) is 4.79 Å². The zero-order chi connectivity index (χ0) is 11.5. The number of hydrogen-bond acceptors (Lipinski definition) is 2. The summed E-state index contributed by atoms with van der Waals surface area (Å²) in [5.74, 6) is 0.861. The summed E-state index contributed by atoms with van der Waals surface area (Å²) < 4.78 is 5.44. The first kappa shape index (κ1) is 11.4. The first-order valence-electron chi connectivity index (χ1n) is 4.66. The number of halogens is 2. The number of hydrogen-bond donors (Lipinski definition) is 0. The van der Waals surface area contributed by atoms with Crippen LogP contribution in [0.5, 0.6) is 0 Å². The molecule has 0 N–H and O–H groups in total. The maximum atomic E-state index is 11.4. The zero-order valence-electron chi connectivity index (χ0n) is 8.24. The van der Waals surface area contributed by atoms with E-state index in [0.717, 1.165) is 5.56 Å². The van der Waals surface area contributed by atoms with Crippen LogP contribution in [0.15, 0.2) is 40.8 Å². The topological polar surface area (TPSA) is 30.2 Å². The molecule has 0 saturated carbocycles. The van der Waals surface area contributed by atoms with Gasteiger partial charge in [-0.1, -0.05) is 39.7 Å². The van der Waals surface area contributed by atoms with Gasteiger partial charge >= 0.3 is 0 Å². The van der Waals surface area contributed by atoms with Crippen molar-refractivity contribution in [2.24, 2.45) is 0 Å². The van der Waals surface area contributed by atoms with Gasteiger partial charge in [0, 0.05) is 5.56 Å². The largest absolute Gasteiger partial charge is 0.453 e. The first-order chi connectivity index (χ1) is 7.72. The van der Waals surface area contributed by atoms with Gasteiger partial charge < -0.3 is 4.42 Å². The van der Waals surface area contributed by atoms with Gasteiger partial charge in [-0.05, 0) is 24.3 Å². The predicted octanol–water partition coefficient (Wildman–Crippen LogP) is 4.18. The van der Waals surface area contributed by atoms with Crippen LogP contribution in [0.3, 0.4) is 0 Å². The minimum atomic E-state index is -0.0849. The van der Waals surface area contributed by atoms with Crippen molar-refractivity contribution >= 4 is 33.3 Å².